The van der Waals surface area contributed by atoms with E-state index in [0.29, 0.717) is 65.5 Å². The summed E-state index contributed by atoms with van der Waals surface area (Å²) >= 11 is 0. The lowest BCUT2D eigenvalue weighted by Gasteiger charge is -2.41. The molecule has 2 aliphatic heterocycles. The van der Waals surface area contributed by atoms with Gasteiger partial charge < -0.3 is 38.6 Å². The number of fused-ring (bicyclic) bond motifs is 1. The van der Waals surface area contributed by atoms with Gasteiger partial charge >= 0.3 is 0 Å². The Morgan fingerprint density at radius 2 is 1.52 bits per heavy atom. The SMILES string of the molecule is COc1ccc([C@H]2[C@@H](C(=O)Nc3ccc4c(c3)OCCO4)CCC(=O)N2c2cc(OC)c(OC)c(OC)c2)cc1. The molecule has 0 saturated carbocycles. The Labute approximate surface area is 232 Å². The summed E-state index contributed by atoms with van der Waals surface area (Å²) in [4.78, 5) is 29.1. The van der Waals surface area contributed by atoms with Crippen molar-refractivity contribution in [3.05, 3.63) is 60.2 Å². The number of carbonyl (C=O) groups is 2. The van der Waals surface area contributed by atoms with Gasteiger partial charge in [-0.15, -0.1) is 0 Å². The number of nitrogens with one attached hydrogen (secondary N) is 1. The highest BCUT2D eigenvalue weighted by Crippen LogP contribution is 2.46. The van der Waals surface area contributed by atoms with Gasteiger partial charge in [-0.2, -0.15) is 0 Å². The summed E-state index contributed by atoms with van der Waals surface area (Å²) < 4.78 is 33.2. The molecule has 40 heavy (non-hydrogen) atoms. The number of anilines is 2. The quantitative estimate of drug-likeness (QED) is 0.435. The van der Waals surface area contributed by atoms with Crippen LogP contribution in [0, 0.1) is 5.92 Å². The Balaban J connectivity index is 1.55. The van der Waals surface area contributed by atoms with Gasteiger partial charge in [-0.25, -0.2) is 0 Å². The molecule has 2 atom stereocenters. The zero-order valence-corrected chi connectivity index (χ0v) is 22.9. The van der Waals surface area contributed by atoms with Crippen molar-refractivity contribution in [3.8, 4) is 34.5 Å². The fourth-order valence-corrected chi connectivity index (χ4v) is 5.22. The van der Waals surface area contributed by atoms with E-state index >= 15 is 0 Å². The van der Waals surface area contributed by atoms with Crippen LogP contribution in [0.25, 0.3) is 0 Å². The minimum atomic E-state index is -0.618. The Kier molecular flexibility index (Phi) is 7.86. The summed E-state index contributed by atoms with van der Waals surface area (Å²) in [5.41, 5.74) is 1.89. The Morgan fingerprint density at radius 3 is 2.15 bits per heavy atom. The van der Waals surface area contributed by atoms with Crippen molar-refractivity contribution in [1.29, 1.82) is 0 Å². The average Bonchev–Trinajstić information content (AvgIpc) is 3.00. The van der Waals surface area contributed by atoms with E-state index in [0.717, 1.165) is 5.56 Å². The first-order valence-electron chi connectivity index (χ1n) is 12.9. The van der Waals surface area contributed by atoms with Crippen LogP contribution in [0.2, 0.25) is 0 Å². The first-order valence-corrected chi connectivity index (χ1v) is 12.9. The maximum Gasteiger partial charge on any atom is 0.229 e. The molecule has 3 aromatic carbocycles. The minimum absolute atomic E-state index is 0.126. The highest BCUT2D eigenvalue weighted by Gasteiger charge is 2.42. The molecule has 0 spiro atoms. The number of rotatable bonds is 8. The molecule has 1 fully saturated rings. The van der Waals surface area contributed by atoms with Gasteiger partial charge in [0.15, 0.2) is 23.0 Å². The van der Waals surface area contributed by atoms with Gasteiger partial charge in [-0.1, -0.05) is 12.1 Å². The Morgan fingerprint density at radius 1 is 0.850 bits per heavy atom. The van der Waals surface area contributed by atoms with E-state index in [4.69, 9.17) is 28.4 Å². The number of ether oxygens (including phenoxy) is 6. The van der Waals surface area contributed by atoms with Crippen molar-refractivity contribution in [2.75, 3.05) is 51.9 Å². The Bertz CT molecular complexity index is 1370. The summed E-state index contributed by atoms with van der Waals surface area (Å²) in [7, 11) is 6.14. The minimum Gasteiger partial charge on any atom is -0.497 e. The summed E-state index contributed by atoms with van der Waals surface area (Å²) in [5.74, 6) is 2.18. The largest absolute Gasteiger partial charge is 0.497 e. The van der Waals surface area contributed by atoms with Crippen LogP contribution in [-0.2, 0) is 9.59 Å². The molecule has 0 aromatic heterocycles. The van der Waals surface area contributed by atoms with Crippen molar-refractivity contribution in [1.82, 2.24) is 0 Å². The lowest BCUT2D eigenvalue weighted by Crippen LogP contribution is -2.47. The Hall–Kier alpha value is -4.60. The number of benzene rings is 3. The van der Waals surface area contributed by atoms with Gasteiger partial charge in [-0.3, -0.25) is 9.59 Å². The van der Waals surface area contributed by atoms with Crippen LogP contribution in [-0.4, -0.2) is 53.5 Å². The normalized spacial score (nSPS) is 18.1. The van der Waals surface area contributed by atoms with E-state index in [9.17, 15) is 9.59 Å². The lowest BCUT2D eigenvalue weighted by atomic mass is 9.83. The van der Waals surface area contributed by atoms with Crippen LogP contribution in [0.15, 0.2) is 54.6 Å². The van der Waals surface area contributed by atoms with Crippen LogP contribution >= 0.6 is 0 Å². The summed E-state index contributed by atoms with van der Waals surface area (Å²) in [5, 5.41) is 3.03. The van der Waals surface area contributed by atoms with Gasteiger partial charge in [0.05, 0.1) is 46.1 Å². The molecule has 2 heterocycles. The molecule has 1 saturated heterocycles. The number of nitrogens with zero attached hydrogens (tertiary/aromatic N) is 1. The van der Waals surface area contributed by atoms with Gasteiger partial charge in [0.25, 0.3) is 0 Å². The zero-order chi connectivity index (χ0) is 28.2. The van der Waals surface area contributed by atoms with Crippen molar-refractivity contribution in [2.45, 2.75) is 18.9 Å². The van der Waals surface area contributed by atoms with E-state index < -0.39 is 12.0 Å². The fraction of sp³-hybridized carbons (Fsp3) is 0.333. The molecule has 1 N–H and O–H groups in total. The van der Waals surface area contributed by atoms with Crippen LogP contribution in [0.4, 0.5) is 11.4 Å². The number of piperidine rings is 1. The molecular formula is C30H32N2O8. The predicted molar refractivity (Wildman–Crippen MR) is 148 cm³/mol. The topological polar surface area (TPSA) is 105 Å². The van der Waals surface area contributed by atoms with Gasteiger partial charge in [0.1, 0.15) is 19.0 Å². The predicted octanol–water partition coefficient (Wildman–Crippen LogP) is 4.62. The monoisotopic (exact) mass is 548 g/mol. The van der Waals surface area contributed by atoms with Crippen LogP contribution < -0.4 is 38.6 Å². The number of methoxy groups -OCH3 is 4. The molecule has 3 aromatic rings. The molecule has 10 heteroatoms. The van der Waals surface area contributed by atoms with E-state index in [1.165, 1.54) is 21.3 Å². The third-order valence-corrected chi connectivity index (χ3v) is 7.13. The second kappa shape index (κ2) is 11.6. The van der Waals surface area contributed by atoms with Crippen LogP contribution in [0.1, 0.15) is 24.4 Å². The number of carbonyl (C=O) groups excluding carboxylic acids is 2. The van der Waals surface area contributed by atoms with E-state index in [1.54, 1.807) is 42.3 Å². The molecule has 10 nitrogen and oxygen atoms in total. The van der Waals surface area contributed by atoms with Gasteiger partial charge in [0, 0.05) is 30.3 Å². The molecule has 5 rings (SSSR count). The average molecular weight is 549 g/mol. The summed E-state index contributed by atoms with van der Waals surface area (Å²) in [6.07, 6.45) is 0.551. The van der Waals surface area contributed by atoms with Crippen LogP contribution in [0.5, 0.6) is 34.5 Å². The molecule has 0 bridgehead atoms. The highest BCUT2D eigenvalue weighted by atomic mass is 16.6. The number of amides is 2. The van der Waals surface area contributed by atoms with E-state index in [-0.39, 0.29) is 18.2 Å². The zero-order valence-electron chi connectivity index (χ0n) is 22.9. The van der Waals surface area contributed by atoms with Crippen molar-refractivity contribution in [2.24, 2.45) is 5.92 Å². The summed E-state index contributed by atoms with van der Waals surface area (Å²) in [6, 6.07) is 15.5. The van der Waals surface area contributed by atoms with Gasteiger partial charge in [0.2, 0.25) is 17.6 Å². The second-order valence-electron chi connectivity index (χ2n) is 9.36. The van der Waals surface area contributed by atoms with Crippen molar-refractivity contribution >= 4 is 23.2 Å². The molecule has 0 unspecified atom stereocenters. The highest BCUT2D eigenvalue weighted by molar-refractivity contribution is 6.00. The fourth-order valence-electron chi connectivity index (χ4n) is 5.22. The molecule has 210 valence electrons. The molecule has 2 aliphatic rings. The van der Waals surface area contributed by atoms with Crippen LogP contribution in [0.3, 0.4) is 0 Å². The third kappa shape index (κ3) is 5.16. The smallest absolute Gasteiger partial charge is 0.229 e. The first-order chi connectivity index (χ1) is 19.5. The van der Waals surface area contributed by atoms with Crippen molar-refractivity contribution < 1.29 is 38.0 Å². The molecule has 0 radical (unpaired) electrons. The maximum atomic E-state index is 13.9. The first kappa shape index (κ1) is 27.0. The van der Waals surface area contributed by atoms with E-state index in [1.807, 2.05) is 24.3 Å². The van der Waals surface area contributed by atoms with E-state index in [2.05, 4.69) is 5.32 Å². The molecule has 2 amide bonds. The third-order valence-electron chi connectivity index (χ3n) is 7.13. The summed E-state index contributed by atoms with van der Waals surface area (Å²) in [6.45, 7) is 0.924. The molecule has 0 aliphatic carbocycles. The van der Waals surface area contributed by atoms with Crippen molar-refractivity contribution in [3.63, 3.8) is 0 Å². The number of hydrogen-bond donors (Lipinski definition) is 1. The van der Waals surface area contributed by atoms with Gasteiger partial charge in [-0.05, 0) is 36.2 Å². The second-order valence-corrected chi connectivity index (χ2v) is 9.36. The number of hydrogen-bond acceptors (Lipinski definition) is 8. The maximum absolute atomic E-state index is 13.9. The molecular weight excluding hydrogens is 516 g/mol. The lowest BCUT2D eigenvalue weighted by molar-refractivity contribution is -0.125. The standard InChI is InChI=1S/C30H32N2O8/c1-35-21-8-5-18(6-9-21)28-22(30(34)31-19-7-11-23-24(15-19)40-14-13-39-23)10-12-27(33)32(28)20-16-25(36-2)29(38-4)26(17-20)37-3/h5-9,11,15-17,22,28H,10,12-14H2,1-4H3,(H,31,34)/t22-,28-/m0/s1.